The van der Waals surface area contributed by atoms with Gasteiger partial charge in [0, 0.05) is 32.4 Å². The van der Waals surface area contributed by atoms with Crippen molar-refractivity contribution in [3.8, 4) is 0 Å². The predicted molar refractivity (Wildman–Crippen MR) is 88.3 cm³/mol. The fourth-order valence-electron chi connectivity index (χ4n) is 1.90. The lowest BCUT2D eigenvalue weighted by atomic mass is 10.2. The monoisotopic (exact) mass is 438 g/mol. The Labute approximate surface area is 147 Å². The van der Waals surface area contributed by atoms with E-state index >= 15 is 0 Å². The molecule has 128 valence electrons. The fraction of sp³-hybridized carbons (Fsp3) is 0.643. The number of Topliss-reactive ketones (excluding diaryl/α,β-unsaturated/α-hetero) is 3. The Morgan fingerprint density at radius 2 is 1.65 bits per heavy atom. The molecule has 8 nitrogen and oxygen atoms in total. The van der Waals surface area contributed by atoms with E-state index in [0.29, 0.717) is 23.8 Å². The summed E-state index contributed by atoms with van der Waals surface area (Å²) >= 11 is 1.99. The number of carbonyl (C=O) groups is 5. The molecule has 0 spiro atoms. The molecule has 1 aliphatic carbocycles. The molecule has 0 bridgehead atoms. The van der Waals surface area contributed by atoms with Gasteiger partial charge in [-0.2, -0.15) is 0 Å². The van der Waals surface area contributed by atoms with Crippen molar-refractivity contribution in [2.75, 3.05) is 17.5 Å². The van der Waals surface area contributed by atoms with Crippen LogP contribution in [0.4, 0.5) is 4.79 Å². The molecule has 1 aliphatic rings. The number of carbonyl (C=O) groups excluding carboxylic acids is 5. The highest BCUT2D eigenvalue weighted by atomic mass is 127. The van der Waals surface area contributed by atoms with E-state index in [-0.39, 0.29) is 43.2 Å². The summed E-state index contributed by atoms with van der Waals surface area (Å²) in [5.74, 6) is -1.33. The Hall–Kier alpha value is -1.52. The smallest absolute Gasteiger partial charge is 0.314 e. The summed E-state index contributed by atoms with van der Waals surface area (Å²) in [6.45, 7) is 0.399. The van der Waals surface area contributed by atoms with Crippen molar-refractivity contribution >= 4 is 51.9 Å². The van der Waals surface area contributed by atoms with E-state index in [1.54, 1.807) is 0 Å². The molecule has 0 aromatic carbocycles. The normalized spacial score (nSPS) is 14.7. The van der Waals surface area contributed by atoms with Crippen LogP contribution >= 0.6 is 22.6 Å². The lowest BCUT2D eigenvalue weighted by Gasteiger charge is -2.10. The van der Waals surface area contributed by atoms with Crippen LogP contribution in [0, 0.1) is 0 Å². The summed E-state index contributed by atoms with van der Waals surface area (Å²) in [7, 11) is 0. The summed E-state index contributed by atoms with van der Waals surface area (Å²) < 4.78 is 5.26. The summed E-state index contributed by atoms with van der Waals surface area (Å²) in [4.78, 5) is 56.6. The van der Waals surface area contributed by atoms with Crippen molar-refractivity contribution in [3.05, 3.63) is 0 Å². The first kappa shape index (κ1) is 19.5. The number of ketones is 3. The molecule has 1 saturated carbocycles. The Bertz CT molecular complexity index is 478. The Morgan fingerprint density at radius 1 is 1.04 bits per heavy atom. The van der Waals surface area contributed by atoms with Crippen LogP contribution in [0.2, 0.25) is 0 Å². The number of esters is 1. The van der Waals surface area contributed by atoms with Crippen LogP contribution in [0.3, 0.4) is 0 Å². The van der Waals surface area contributed by atoms with Gasteiger partial charge in [-0.3, -0.25) is 19.2 Å². The summed E-state index contributed by atoms with van der Waals surface area (Å²) in [5.41, 5.74) is 0. The van der Waals surface area contributed by atoms with E-state index in [1.165, 1.54) is 0 Å². The van der Waals surface area contributed by atoms with Gasteiger partial charge in [-0.25, -0.2) is 4.79 Å². The van der Waals surface area contributed by atoms with Gasteiger partial charge in [0.25, 0.3) is 0 Å². The van der Waals surface area contributed by atoms with Gasteiger partial charge in [0.05, 0.1) is 10.8 Å². The number of hydrogen-bond donors (Lipinski definition) is 2. The second kappa shape index (κ2) is 10.3. The Balaban J connectivity index is 2.10. The molecule has 0 aromatic rings. The number of urea groups is 1. The number of alkyl halides is 1. The van der Waals surface area contributed by atoms with Crippen LogP contribution in [0.25, 0.3) is 0 Å². The molecule has 0 aliphatic heterocycles. The van der Waals surface area contributed by atoms with Crippen LogP contribution in [0.15, 0.2) is 0 Å². The molecule has 2 N–H and O–H groups in total. The first-order valence-electron chi connectivity index (χ1n) is 7.28. The molecule has 0 atom stereocenters. The largest absolute Gasteiger partial charge is 0.446 e. The van der Waals surface area contributed by atoms with E-state index in [1.807, 2.05) is 22.6 Å². The molecule has 1 rings (SSSR count). The van der Waals surface area contributed by atoms with Crippen molar-refractivity contribution in [2.24, 2.45) is 0 Å². The number of hydrogen-bond acceptors (Lipinski definition) is 6. The highest BCUT2D eigenvalue weighted by Gasteiger charge is 2.35. The molecule has 23 heavy (non-hydrogen) atoms. The summed E-state index contributed by atoms with van der Waals surface area (Å²) in [6.07, 6.45) is -0.207. The van der Waals surface area contributed by atoms with Crippen molar-refractivity contribution < 1.29 is 28.7 Å². The number of nitrogens with one attached hydrogen (secondary N) is 2. The molecular weight excluding hydrogens is 419 g/mol. The van der Waals surface area contributed by atoms with Gasteiger partial charge in [-0.15, -0.1) is 0 Å². The highest BCUT2D eigenvalue weighted by molar-refractivity contribution is 14.1. The zero-order chi connectivity index (χ0) is 17.2. The maximum Gasteiger partial charge on any atom is 0.314 e. The second-order valence-electron chi connectivity index (χ2n) is 5.01. The quantitative estimate of drug-likeness (QED) is 0.176. The van der Waals surface area contributed by atoms with E-state index in [2.05, 4.69) is 10.6 Å². The summed E-state index contributed by atoms with van der Waals surface area (Å²) in [5, 5.41) is 5.01. The maximum absolute atomic E-state index is 11.5. The average molecular weight is 438 g/mol. The van der Waals surface area contributed by atoms with Gasteiger partial charge in [-0.05, 0) is 6.42 Å². The minimum absolute atomic E-state index is 0.0342. The second-order valence-corrected chi connectivity index (χ2v) is 5.77. The Kier molecular flexibility index (Phi) is 8.74. The fourth-order valence-corrected chi connectivity index (χ4v) is 2.29. The molecule has 9 heteroatoms. The molecular formula is C14H19IN2O6. The molecule has 0 heterocycles. The highest BCUT2D eigenvalue weighted by Crippen LogP contribution is 2.14. The SMILES string of the molecule is O=C(CI)CCCNC(=O)NCCC(=O)OC1C(=O)CCC1=O. The van der Waals surface area contributed by atoms with Crippen molar-refractivity contribution in [3.63, 3.8) is 0 Å². The zero-order valence-corrected chi connectivity index (χ0v) is 14.7. The van der Waals surface area contributed by atoms with Gasteiger partial charge in [0.1, 0.15) is 5.78 Å². The van der Waals surface area contributed by atoms with E-state index in [0.717, 1.165) is 0 Å². The number of rotatable bonds is 9. The van der Waals surface area contributed by atoms with Gasteiger partial charge < -0.3 is 15.4 Å². The van der Waals surface area contributed by atoms with Crippen molar-refractivity contribution in [1.29, 1.82) is 0 Å². The topological polar surface area (TPSA) is 119 Å². The van der Waals surface area contributed by atoms with Crippen LogP contribution in [0.1, 0.15) is 32.1 Å². The van der Waals surface area contributed by atoms with Crippen molar-refractivity contribution in [2.45, 2.75) is 38.2 Å². The van der Waals surface area contributed by atoms with Gasteiger partial charge in [-0.1, -0.05) is 22.6 Å². The standard InChI is InChI=1S/C14H19IN2O6/c15-8-9(18)2-1-6-16-14(22)17-7-5-12(21)23-13-10(19)3-4-11(13)20/h13H,1-8H2,(H2,16,17,22). The molecule has 2 amide bonds. The number of amides is 2. The van der Waals surface area contributed by atoms with Crippen LogP contribution < -0.4 is 10.6 Å². The zero-order valence-electron chi connectivity index (χ0n) is 12.6. The third-order valence-electron chi connectivity index (χ3n) is 3.13. The molecule has 0 unspecified atom stereocenters. The molecule has 1 fully saturated rings. The first-order valence-corrected chi connectivity index (χ1v) is 8.81. The minimum atomic E-state index is -1.27. The Morgan fingerprint density at radius 3 is 2.26 bits per heavy atom. The third-order valence-corrected chi connectivity index (χ3v) is 3.98. The first-order chi connectivity index (χ1) is 10.9. The van der Waals surface area contributed by atoms with Crippen molar-refractivity contribution in [1.82, 2.24) is 10.6 Å². The number of ether oxygens (including phenoxy) is 1. The summed E-state index contributed by atoms with van der Waals surface area (Å²) in [6, 6.07) is -0.451. The predicted octanol–water partition coefficient (Wildman–Crippen LogP) is 0.304. The maximum atomic E-state index is 11.5. The lowest BCUT2D eigenvalue weighted by molar-refractivity contribution is -0.157. The molecule has 0 saturated heterocycles. The van der Waals surface area contributed by atoms with E-state index < -0.39 is 18.1 Å². The molecule has 0 radical (unpaired) electrons. The minimum Gasteiger partial charge on any atom is -0.446 e. The van der Waals surface area contributed by atoms with E-state index in [4.69, 9.17) is 4.74 Å². The van der Waals surface area contributed by atoms with Gasteiger partial charge >= 0.3 is 12.0 Å². The lowest BCUT2D eigenvalue weighted by Crippen LogP contribution is -2.38. The molecule has 0 aromatic heterocycles. The van der Waals surface area contributed by atoms with Gasteiger partial charge in [0.15, 0.2) is 11.6 Å². The van der Waals surface area contributed by atoms with Gasteiger partial charge in [0.2, 0.25) is 6.10 Å². The van der Waals surface area contributed by atoms with Crippen LogP contribution in [-0.4, -0.2) is 53.0 Å². The van der Waals surface area contributed by atoms with E-state index in [9.17, 15) is 24.0 Å². The van der Waals surface area contributed by atoms with Crippen LogP contribution in [-0.2, 0) is 23.9 Å². The average Bonchev–Trinajstić information content (AvgIpc) is 2.83. The van der Waals surface area contributed by atoms with Crippen LogP contribution in [0.5, 0.6) is 0 Å². The number of halogens is 1. The third kappa shape index (κ3) is 7.53.